The zero-order chi connectivity index (χ0) is 21.7. The summed E-state index contributed by atoms with van der Waals surface area (Å²) in [6.07, 6.45) is 9.61. The number of amides is 1. The fourth-order valence-electron chi connectivity index (χ4n) is 4.72. The van der Waals surface area contributed by atoms with Crippen molar-refractivity contribution in [3.63, 3.8) is 0 Å². The number of ketones is 1. The van der Waals surface area contributed by atoms with E-state index in [0.717, 1.165) is 42.6 Å². The normalized spacial score (nSPS) is 21.2. The lowest BCUT2D eigenvalue weighted by molar-refractivity contribution is -0.119. The van der Waals surface area contributed by atoms with Crippen LogP contribution >= 0.6 is 0 Å². The first-order valence-corrected chi connectivity index (χ1v) is 11.3. The van der Waals surface area contributed by atoms with E-state index >= 15 is 0 Å². The fraction of sp³-hybridized carbons (Fsp3) is 0.560. The average molecular weight is 410 g/mol. The molecule has 0 spiro atoms. The molecule has 0 saturated heterocycles. The molecular formula is C25H35N3O2. The first-order valence-electron chi connectivity index (χ1n) is 11.3. The highest BCUT2D eigenvalue weighted by Crippen LogP contribution is 2.45. The average Bonchev–Trinajstić information content (AvgIpc) is 3.54. The molecule has 1 aromatic rings. The third-order valence-electron chi connectivity index (χ3n) is 6.26. The van der Waals surface area contributed by atoms with Crippen LogP contribution in [0, 0.1) is 17.2 Å². The van der Waals surface area contributed by atoms with Crippen LogP contribution in [0.3, 0.4) is 0 Å². The second kappa shape index (κ2) is 10.1. The summed E-state index contributed by atoms with van der Waals surface area (Å²) in [5.74, 6) is 1.52. The molecule has 1 amide bonds. The summed E-state index contributed by atoms with van der Waals surface area (Å²) in [6.45, 7) is 6.67. The Hall–Kier alpha value is -2.43. The van der Waals surface area contributed by atoms with E-state index in [1.807, 2.05) is 30.2 Å². The summed E-state index contributed by atoms with van der Waals surface area (Å²) in [7, 11) is 0. The van der Waals surface area contributed by atoms with Crippen LogP contribution in [0.4, 0.5) is 5.69 Å². The van der Waals surface area contributed by atoms with E-state index in [1.165, 1.54) is 24.6 Å². The second-order valence-corrected chi connectivity index (χ2v) is 8.83. The lowest BCUT2D eigenvalue weighted by atomic mass is 9.83. The van der Waals surface area contributed by atoms with E-state index in [0.29, 0.717) is 36.5 Å². The van der Waals surface area contributed by atoms with Gasteiger partial charge < -0.3 is 15.6 Å². The number of fused-ring (bicyclic) bond motifs is 1. The lowest BCUT2D eigenvalue weighted by Gasteiger charge is -2.41. The van der Waals surface area contributed by atoms with Crippen LogP contribution < -0.4 is 10.2 Å². The fourth-order valence-corrected chi connectivity index (χ4v) is 4.72. The number of hydrogen-bond donors (Lipinski definition) is 2. The Kier molecular flexibility index (Phi) is 7.46. The van der Waals surface area contributed by atoms with Crippen LogP contribution in [0.2, 0.25) is 0 Å². The van der Waals surface area contributed by atoms with E-state index in [-0.39, 0.29) is 5.91 Å². The predicted molar refractivity (Wildman–Crippen MR) is 123 cm³/mol. The number of nitrogens with one attached hydrogen (secondary N) is 2. The number of rotatable bonds is 10. The number of hydrogen-bond acceptors (Lipinski definition) is 4. The SMILES string of the molecule is CCCC(=O)CCCN/C=C(\C=N)c1ccc2c(c1)CC(C)[C@H](C1CC1)N2C(C)=O. The van der Waals surface area contributed by atoms with Crippen molar-refractivity contribution in [2.75, 3.05) is 11.4 Å². The van der Waals surface area contributed by atoms with E-state index in [9.17, 15) is 9.59 Å². The molecule has 1 unspecified atom stereocenters. The van der Waals surface area contributed by atoms with E-state index < -0.39 is 0 Å². The molecule has 1 aliphatic heterocycles. The minimum absolute atomic E-state index is 0.120. The monoisotopic (exact) mass is 409 g/mol. The van der Waals surface area contributed by atoms with Crippen LogP contribution in [0.15, 0.2) is 24.4 Å². The lowest BCUT2D eigenvalue weighted by Crippen LogP contribution is -2.48. The highest BCUT2D eigenvalue weighted by Gasteiger charge is 2.43. The first-order chi connectivity index (χ1) is 14.5. The topological polar surface area (TPSA) is 73.3 Å². The highest BCUT2D eigenvalue weighted by atomic mass is 16.2. The summed E-state index contributed by atoms with van der Waals surface area (Å²) in [4.78, 5) is 26.1. The number of nitrogens with zero attached hydrogens (tertiary/aromatic N) is 1. The molecule has 1 fully saturated rings. The van der Waals surface area contributed by atoms with Gasteiger partial charge in [0.1, 0.15) is 5.78 Å². The van der Waals surface area contributed by atoms with Gasteiger partial charge in [0.05, 0.1) is 0 Å². The molecule has 0 radical (unpaired) electrons. The maximum absolute atomic E-state index is 12.5. The van der Waals surface area contributed by atoms with Crippen molar-refractivity contribution in [1.29, 1.82) is 5.41 Å². The number of Topliss-reactive ketones (excluding diaryl/α,β-unsaturated/α-hetero) is 1. The molecule has 1 heterocycles. The van der Waals surface area contributed by atoms with Crippen molar-refractivity contribution in [2.24, 2.45) is 11.8 Å². The molecular weight excluding hydrogens is 374 g/mol. The standard InChI is InChI=1S/C25H35N3O2/c1-4-6-23(30)7-5-12-27-16-22(15-26)20-10-11-24-21(14-20)13-17(2)25(19-8-9-19)28(24)18(3)29/h10-11,14-17,19,25-27H,4-9,12-13H2,1-3H3/b22-16+,26-15?/t17?,25-/m1/s1. The van der Waals surface area contributed by atoms with Crippen molar-refractivity contribution < 1.29 is 9.59 Å². The minimum atomic E-state index is 0.120. The summed E-state index contributed by atoms with van der Waals surface area (Å²) < 4.78 is 0. The number of benzene rings is 1. The minimum Gasteiger partial charge on any atom is -0.390 e. The predicted octanol–water partition coefficient (Wildman–Crippen LogP) is 4.74. The van der Waals surface area contributed by atoms with E-state index in [1.54, 1.807) is 6.92 Å². The van der Waals surface area contributed by atoms with Gasteiger partial charge >= 0.3 is 0 Å². The van der Waals surface area contributed by atoms with Crippen molar-refractivity contribution in [2.45, 2.75) is 71.8 Å². The van der Waals surface area contributed by atoms with Crippen molar-refractivity contribution in [1.82, 2.24) is 5.32 Å². The summed E-state index contributed by atoms with van der Waals surface area (Å²) in [5.41, 5.74) is 4.01. The number of anilines is 1. The summed E-state index contributed by atoms with van der Waals surface area (Å²) in [5, 5.41) is 11.1. The zero-order valence-corrected chi connectivity index (χ0v) is 18.5. The van der Waals surface area contributed by atoms with Crippen LogP contribution in [0.5, 0.6) is 0 Å². The smallest absolute Gasteiger partial charge is 0.224 e. The molecule has 0 bridgehead atoms. The second-order valence-electron chi connectivity index (χ2n) is 8.83. The first kappa shape index (κ1) is 22.3. The molecule has 1 aliphatic carbocycles. The van der Waals surface area contributed by atoms with Crippen LogP contribution in [0.25, 0.3) is 5.57 Å². The van der Waals surface area contributed by atoms with Crippen molar-refractivity contribution in [3.8, 4) is 0 Å². The van der Waals surface area contributed by atoms with Gasteiger partial charge in [-0.05, 0) is 67.2 Å². The Morgan fingerprint density at radius 1 is 1.27 bits per heavy atom. The number of carbonyl (C=O) groups is 2. The largest absolute Gasteiger partial charge is 0.390 e. The molecule has 2 aliphatic rings. The number of carbonyl (C=O) groups excluding carboxylic acids is 2. The Balaban J connectivity index is 1.71. The van der Waals surface area contributed by atoms with Gasteiger partial charge in [-0.3, -0.25) is 9.59 Å². The Labute approximate surface area is 180 Å². The molecule has 30 heavy (non-hydrogen) atoms. The Morgan fingerprint density at radius 2 is 2.03 bits per heavy atom. The zero-order valence-electron chi connectivity index (χ0n) is 18.5. The summed E-state index contributed by atoms with van der Waals surface area (Å²) in [6, 6.07) is 6.51. The molecule has 1 aromatic carbocycles. The van der Waals surface area contributed by atoms with Gasteiger partial charge in [-0.25, -0.2) is 0 Å². The third kappa shape index (κ3) is 5.18. The molecule has 2 atom stereocenters. The van der Waals surface area contributed by atoms with Crippen molar-refractivity contribution in [3.05, 3.63) is 35.5 Å². The van der Waals surface area contributed by atoms with Gasteiger partial charge in [-0.15, -0.1) is 0 Å². The molecule has 5 heteroatoms. The van der Waals surface area contributed by atoms with Crippen LogP contribution in [-0.4, -0.2) is 30.5 Å². The molecule has 3 rings (SSSR count). The van der Waals surface area contributed by atoms with Gasteiger partial charge in [0, 0.05) is 56.0 Å². The van der Waals surface area contributed by atoms with Gasteiger partial charge in [0.25, 0.3) is 0 Å². The van der Waals surface area contributed by atoms with Gasteiger partial charge in [0.15, 0.2) is 0 Å². The number of allylic oxidation sites excluding steroid dienone is 1. The summed E-state index contributed by atoms with van der Waals surface area (Å²) >= 11 is 0. The Bertz CT molecular complexity index is 826. The third-order valence-corrected chi connectivity index (χ3v) is 6.26. The van der Waals surface area contributed by atoms with E-state index in [2.05, 4.69) is 18.3 Å². The van der Waals surface area contributed by atoms with Gasteiger partial charge in [-0.1, -0.05) is 19.9 Å². The maximum Gasteiger partial charge on any atom is 0.224 e. The highest BCUT2D eigenvalue weighted by molar-refractivity contribution is 6.08. The maximum atomic E-state index is 12.5. The molecule has 0 aromatic heterocycles. The quantitative estimate of drug-likeness (QED) is 0.433. The molecule has 1 saturated carbocycles. The van der Waals surface area contributed by atoms with Crippen LogP contribution in [-0.2, 0) is 16.0 Å². The molecule has 2 N–H and O–H groups in total. The Morgan fingerprint density at radius 3 is 2.67 bits per heavy atom. The van der Waals surface area contributed by atoms with Gasteiger partial charge in [0.2, 0.25) is 5.91 Å². The molecule has 162 valence electrons. The molecule has 5 nitrogen and oxygen atoms in total. The van der Waals surface area contributed by atoms with Crippen LogP contribution in [0.1, 0.15) is 70.4 Å². The van der Waals surface area contributed by atoms with Gasteiger partial charge in [-0.2, -0.15) is 0 Å². The van der Waals surface area contributed by atoms with E-state index in [4.69, 9.17) is 5.41 Å². The van der Waals surface area contributed by atoms with Crippen molar-refractivity contribution >= 4 is 29.2 Å².